The smallest absolute Gasteiger partial charge is 0.209 e. The van der Waals surface area contributed by atoms with Crippen LogP contribution in [0, 0.1) is 0 Å². The highest BCUT2D eigenvalue weighted by Crippen LogP contribution is 2.21. The van der Waals surface area contributed by atoms with E-state index in [1.54, 1.807) is 11.8 Å². The first-order chi connectivity index (χ1) is 5.36. The third-order valence-corrected chi connectivity index (χ3v) is 2.73. The molecule has 0 amide bonds. The van der Waals surface area contributed by atoms with Crippen molar-refractivity contribution in [2.75, 3.05) is 18.9 Å². The van der Waals surface area contributed by atoms with Crippen LogP contribution in [0.4, 0.5) is 0 Å². The van der Waals surface area contributed by atoms with E-state index >= 15 is 0 Å². The molecule has 2 heterocycles. The van der Waals surface area contributed by atoms with Gasteiger partial charge in [0, 0.05) is 18.3 Å². The molecule has 0 aliphatic carbocycles. The number of hydrogen-bond acceptors (Lipinski definition) is 5. The molecular formula is C5H9N5S. The van der Waals surface area contributed by atoms with Crippen LogP contribution >= 0.6 is 11.8 Å². The number of rotatable bonds is 2. The van der Waals surface area contributed by atoms with Crippen molar-refractivity contribution in [2.24, 2.45) is 0 Å². The zero-order valence-corrected chi connectivity index (χ0v) is 6.71. The van der Waals surface area contributed by atoms with Crippen LogP contribution in [0.15, 0.2) is 11.5 Å². The lowest BCUT2D eigenvalue weighted by atomic mass is 10.3. The van der Waals surface area contributed by atoms with Gasteiger partial charge in [-0.3, -0.25) is 0 Å². The highest BCUT2D eigenvalue weighted by Gasteiger charge is 2.19. The number of nitrogens with zero attached hydrogens (tertiary/aromatic N) is 3. The average molecular weight is 171 g/mol. The number of thioether (sulfide) groups is 1. The van der Waals surface area contributed by atoms with E-state index in [4.69, 9.17) is 5.84 Å². The van der Waals surface area contributed by atoms with Gasteiger partial charge >= 0.3 is 0 Å². The Hall–Kier alpha value is -0.750. The zero-order chi connectivity index (χ0) is 7.68. The highest BCUT2D eigenvalue weighted by atomic mass is 32.2. The van der Waals surface area contributed by atoms with Gasteiger partial charge in [0.15, 0.2) is 0 Å². The van der Waals surface area contributed by atoms with E-state index in [2.05, 4.69) is 15.5 Å². The van der Waals surface area contributed by atoms with Crippen molar-refractivity contribution in [2.45, 2.75) is 10.4 Å². The van der Waals surface area contributed by atoms with Gasteiger partial charge in [-0.25, -0.2) is 4.68 Å². The van der Waals surface area contributed by atoms with E-state index in [0.717, 1.165) is 18.2 Å². The summed E-state index contributed by atoms with van der Waals surface area (Å²) in [6.45, 7) is 2.08. The summed E-state index contributed by atoms with van der Waals surface area (Å²) in [5.41, 5.74) is 0. The molecule has 1 aromatic heterocycles. The van der Waals surface area contributed by atoms with Gasteiger partial charge in [0.25, 0.3) is 0 Å². The molecule has 1 aromatic rings. The Bertz CT molecular complexity index is 243. The lowest BCUT2D eigenvalue weighted by Gasteiger charge is -2.25. The molecule has 2 rings (SSSR count). The average Bonchev–Trinajstić information content (AvgIpc) is 2.27. The summed E-state index contributed by atoms with van der Waals surface area (Å²) in [4.78, 5) is 0. The van der Waals surface area contributed by atoms with Gasteiger partial charge in [-0.2, -0.15) is 0 Å². The van der Waals surface area contributed by atoms with Crippen LogP contribution in [0.3, 0.4) is 0 Å². The minimum Gasteiger partial charge on any atom is -0.336 e. The van der Waals surface area contributed by atoms with E-state index in [0.29, 0.717) is 5.25 Å². The van der Waals surface area contributed by atoms with Gasteiger partial charge in [0.05, 0.1) is 0 Å². The fraction of sp³-hybridized carbons (Fsp3) is 0.600. The molecule has 1 aliphatic heterocycles. The summed E-state index contributed by atoms with van der Waals surface area (Å²) in [5, 5.41) is 12.1. The monoisotopic (exact) mass is 171 g/mol. The fourth-order valence-corrected chi connectivity index (χ4v) is 1.77. The lowest BCUT2D eigenvalue weighted by Crippen LogP contribution is -2.44. The third-order valence-electron chi connectivity index (χ3n) is 1.56. The molecule has 0 radical (unpaired) electrons. The first-order valence-electron chi connectivity index (χ1n) is 3.39. The maximum absolute atomic E-state index is 5.52. The Morgan fingerprint density at radius 3 is 3.00 bits per heavy atom. The van der Waals surface area contributed by atoms with Gasteiger partial charge in [0.1, 0.15) is 6.33 Å². The third kappa shape index (κ3) is 1.31. The fourth-order valence-electron chi connectivity index (χ4n) is 0.811. The van der Waals surface area contributed by atoms with Crippen molar-refractivity contribution in [3.8, 4) is 0 Å². The predicted molar refractivity (Wildman–Crippen MR) is 42.7 cm³/mol. The quantitative estimate of drug-likeness (QED) is 0.562. The van der Waals surface area contributed by atoms with Crippen molar-refractivity contribution in [1.29, 1.82) is 0 Å². The first kappa shape index (κ1) is 6.93. The standard InChI is InChI=1S/C5H9N5S/c6-10-3-8-9-5(10)11-4-1-7-2-4/h3-4,7H,1-2,6H2. The molecule has 0 aromatic carbocycles. The number of aromatic nitrogens is 3. The second-order valence-corrected chi connectivity index (χ2v) is 3.69. The summed E-state index contributed by atoms with van der Waals surface area (Å²) >= 11 is 1.67. The van der Waals surface area contributed by atoms with Crippen LogP contribution in [0.5, 0.6) is 0 Å². The van der Waals surface area contributed by atoms with Crippen LogP contribution in [-0.2, 0) is 0 Å². The molecule has 11 heavy (non-hydrogen) atoms. The number of nitrogens with two attached hydrogens (primary N) is 1. The molecule has 0 spiro atoms. The second-order valence-electron chi connectivity index (χ2n) is 2.42. The molecule has 3 N–H and O–H groups in total. The number of nitrogens with one attached hydrogen (secondary N) is 1. The largest absolute Gasteiger partial charge is 0.336 e. The summed E-state index contributed by atoms with van der Waals surface area (Å²) in [7, 11) is 0. The van der Waals surface area contributed by atoms with Gasteiger partial charge in [-0.05, 0) is 0 Å². The number of nitrogen functional groups attached to an aromatic ring is 1. The van der Waals surface area contributed by atoms with E-state index in [9.17, 15) is 0 Å². The van der Waals surface area contributed by atoms with Crippen LogP contribution in [0.2, 0.25) is 0 Å². The minimum atomic E-state index is 0.612. The summed E-state index contributed by atoms with van der Waals surface area (Å²) in [5.74, 6) is 5.52. The molecule has 5 nitrogen and oxygen atoms in total. The number of hydrogen-bond donors (Lipinski definition) is 2. The van der Waals surface area contributed by atoms with Crippen LogP contribution < -0.4 is 11.2 Å². The Morgan fingerprint density at radius 2 is 2.55 bits per heavy atom. The van der Waals surface area contributed by atoms with E-state index in [1.807, 2.05) is 0 Å². The normalized spacial score (nSPS) is 18.2. The Kier molecular flexibility index (Phi) is 1.71. The first-order valence-corrected chi connectivity index (χ1v) is 4.26. The van der Waals surface area contributed by atoms with Crippen molar-refractivity contribution in [3.05, 3.63) is 6.33 Å². The molecule has 1 aliphatic rings. The molecule has 0 bridgehead atoms. The molecule has 0 unspecified atom stereocenters. The van der Waals surface area contributed by atoms with Gasteiger partial charge in [-0.15, -0.1) is 10.2 Å². The maximum Gasteiger partial charge on any atom is 0.209 e. The summed E-state index contributed by atoms with van der Waals surface area (Å²) in [6, 6.07) is 0. The lowest BCUT2D eigenvalue weighted by molar-refractivity contribution is 0.542. The molecule has 6 heteroatoms. The van der Waals surface area contributed by atoms with Crippen LogP contribution in [0.1, 0.15) is 0 Å². The Balaban J connectivity index is 1.99. The highest BCUT2D eigenvalue weighted by molar-refractivity contribution is 7.99. The Labute approximate surface area is 68.3 Å². The van der Waals surface area contributed by atoms with Crippen molar-refractivity contribution >= 4 is 11.8 Å². The molecule has 1 fully saturated rings. The van der Waals surface area contributed by atoms with E-state index in [1.165, 1.54) is 11.0 Å². The van der Waals surface area contributed by atoms with Crippen molar-refractivity contribution in [3.63, 3.8) is 0 Å². The second kappa shape index (κ2) is 2.71. The van der Waals surface area contributed by atoms with E-state index in [-0.39, 0.29) is 0 Å². The van der Waals surface area contributed by atoms with Crippen molar-refractivity contribution < 1.29 is 0 Å². The zero-order valence-electron chi connectivity index (χ0n) is 5.90. The SMILES string of the molecule is Nn1cnnc1SC1CNC1. The Morgan fingerprint density at radius 1 is 1.73 bits per heavy atom. The molecule has 0 atom stereocenters. The molecule has 0 saturated carbocycles. The predicted octanol–water partition coefficient (Wildman–Crippen LogP) is -0.944. The van der Waals surface area contributed by atoms with Gasteiger partial charge in [0.2, 0.25) is 5.16 Å². The maximum atomic E-state index is 5.52. The van der Waals surface area contributed by atoms with Crippen LogP contribution in [-0.4, -0.2) is 33.2 Å². The van der Waals surface area contributed by atoms with Gasteiger partial charge < -0.3 is 11.2 Å². The van der Waals surface area contributed by atoms with E-state index < -0.39 is 0 Å². The summed E-state index contributed by atoms with van der Waals surface area (Å²) < 4.78 is 1.45. The molecule has 1 saturated heterocycles. The van der Waals surface area contributed by atoms with Gasteiger partial charge in [-0.1, -0.05) is 11.8 Å². The topological polar surface area (TPSA) is 68.8 Å². The van der Waals surface area contributed by atoms with Crippen molar-refractivity contribution in [1.82, 2.24) is 20.2 Å². The minimum absolute atomic E-state index is 0.612. The summed E-state index contributed by atoms with van der Waals surface area (Å²) in [6.07, 6.45) is 1.51. The molecular weight excluding hydrogens is 162 g/mol. The van der Waals surface area contributed by atoms with Crippen LogP contribution in [0.25, 0.3) is 0 Å². The molecule has 60 valence electrons.